The molecule has 0 aromatic heterocycles. The van der Waals surface area contributed by atoms with Gasteiger partial charge in [-0.25, -0.2) is 8.42 Å². The summed E-state index contributed by atoms with van der Waals surface area (Å²) in [6, 6.07) is 0. The molecule has 1 amide bonds. The summed E-state index contributed by atoms with van der Waals surface area (Å²) in [6.07, 6.45) is 0.557. The van der Waals surface area contributed by atoms with E-state index >= 15 is 0 Å². The van der Waals surface area contributed by atoms with Gasteiger partial charge in [0.1, 0.15) is 5.75 Å². The van der Waals surface area contributed by atoms with E-state index in [9.17, 15) is 13.2 Å². The largest absolute Gasteiger partial charge is 0.342 e. The molecule has 17 heavy (non-hydrogen) atoms. The van der Waals surface area contributed by atoms with Crippen molar-refractivity contribution in [3.63, 3.8) is 0 Å². The fraction of sp³-hybridized carbons (Fsp3) is 0.909. The second-order valence-corrected chi connectivity index (χ2v) is 6.05. The van der Waals surface area contributed by atoms with Gasteiger partial charge >= 0.3 is 0 Å². The van der Waals surface area contributed by atoms with E-state index in [0.29, 0.717) is 26.1 Å². The Kier molecular flexibility index (Phi) is 8.16. The molecule has 102 valence electrons. The molecule has 0 aromatic rings. The van der Waals surface area contributed by atoms with Crippen LogP contribution in [0.25, 0.3) is 0 Å². The molecule has 0 aliphatic heterocycles. The highest BCUT2D eigenvalue weighted by Gasteiger charge is 2.19. The van der Waals surface area contributed by atoms with Gasteiger partial charge in [0, 0.05) is 13.1 Å². The Labute approximate surface area is 104 Å². The van der Waals surface area contributed by atoms with Gasteiger partial charge in [-0.05, 0) is 33.4 Å². The minimum Gasteiger partial charge on any atom is -0.342 e. The van der Waals surface area contributed by atoms with Crippen LogP contribution in [-0.4, -0.2) is 56.9 Å². The van der Waals surface area contributed by atoms with E-state index in [0.717, 1.165) is 6.54 Å². The van der Waals surface area contributed by atoms with E-state index in [4.69, 9.17) is 0 Å². The van der Waals surface area contributed by atoms with E-state index in [1.165, 1.54) is 0 Å². The maximum atomic E-state index is 11.7. The van der Waals surface area contributed by atoms with Crippen molar-refractivity contribution < 1.29 is 13.2 Å². The molecule has 0 aliphatic rings. The number of amides is 1. The zero-order chi connectivity index (χ0) is 13.3. The minimum atomic E-state index is -3.26. The van der Waals surface area contributed by atoms with Crippen molar-refractivity contribution in [1.82, 2.24) is 10.2 Å². The Morgan fingerprint density at radius 3 is 2.24 bits per heavy atom. The third kappa shape index (κ3) is 7.33. The van der Waals surface area contributed by atoms with Crippen LogP contribution in [0.15, 0.2) is 0 Å². The number of carbonyl (C=O) groups is 1. The summed E-state index contributed by atoms with van der Waals surface area (Å²) in [5.41, 5.74) is 0. The monoisotopic (exact) mass is 264 g/mol. The summed E-state index contributed by atoms with van der Waals surface area (Å²) in [7, 11) is -3.26. The lowest BCUT2D eigenvalue weighted by Crippen LogP contribution is -2.36. The number of hydrogen-bond acceptors (Lipinski definition) is 4. The average molecular weight is 264 g/mol. The first-order valence-corrected chi connectivity index (χ1v) is 7.97. The van der Waals surface area contributed by atoms with Gasteiger partial charge < -0.3 is 10.2 Å². The zero-order valence-corrected chi connectivity index (χ0v) is 11.8. The van der Waals surface area contributed by atoms with E-state index in [1.807, 2.05) is 20.8 Å². The van der Waals surface area contributed by atoms with E-state index < -0.39 is 9.84 Å². The molecule has 0 aliphatic carbocycles. The van der Waals surface area contributed by atoms with E-state index in [2.05, 4.69) is 5.32 Å². The molecule has 0 spiro atoms. The minimum absolute atomic E-state index is 0.0764. The maximum absolute atomic E-state index is 11.7. The molecule has 0 fully saturated rings. The van der Waals surface area contributed by atoms with Crippen molar-refractivity contribution in [3.8, 4) is 0 Å². The lowest BCUT2D eigenvalue weighted by Gasteiger charge is -2.18. The van der Waals surface area contributed by atoms with Crippen molar-refractivity contribution in [2.45, 2.75) is 27.2 Å². The smallest absolute Gasteiger partial charge is 0.237 e. The standard InChI is InChI=1S/C11H24N2O3S/c1-4-12-8-7-9-17(15,16)10-11(14)13(5-2)6-3/h12H,4-10H2,1-3H3. The molecule has 0 bridgehead atoms. The number of nitrogens with zero attached hydrogens (tertiary/aromatic N) is 1. The molecule has 0 unspecified atom stereocenters. The number of carbonyl (C=O) groups excluding carboxylic acids is 1. The predicted molar refractivity (Wildman–Crippen MR) is 69.7 cm³/mol. The highest BCUT2D eigenvalue weighted by Crippen LogP contribution is 1.98. The molecule has 0 aromatic carbocycles. The van der Waals surface area contributed by atoms with Crippen LogP contribution in [0.4, 0.5) is 0 Å². The highest BCUT2D eigenvalue weighted by molar-refractivity contribution is 7.92. The van der Waals surface area contributed by atoms with E-state index in [1.54, 1.807) is 4.90 Å². The lowest BCUT2D eigenvalue weighted by atomic mass is 10.5. The maximum Gasteiger partial charge on any atom is 0.237 e. The van der Waals surface area contributed by atoms with Gasteiger partial charge in [-0.15, -0.1) is 0 Å². The summed E-state index contributed by atoms with van der Waals surface area (Å²) < 4.78 is 23.3. The van der Waals surface area contributed by atoms with Gasteiger partial charge in [0.2, 0.25) is 5.91 Å². The molecule has 6 heteroatoms. The molecule has 0 heterocycles. The zero-order valence-electron chi connectivity index (χ0n) is 11.0. The van der Waals surface area contributed by atoms with Crippen LogP contribution in [-0.2, 0) is 14.6 Å². The molecule has 0 saturated heterocycles. The summed E-state index contributed by atoms with van der Waals surface area (Å²) >= 11 is 0. The SMILES string of the molecule is CCNCCCS(=O)(=O)CC(=O)N(CC)CC. The first-order valence-electron chi connectivity index (χ1n) is 6.15. The Morgan fingerprint density at radius 1 is 1.18 bits per heavy atom. The number of rotatable bonds is 9. The summed E-state index contributed by atoms with van der Waals surface area (Å²) in [5, 5.41) is 3.06. The molecule has 0 rings (SSSR count). The summed E-state index contributed by atoms with van der Waals surface area (Å²) in [5.74, 6) is -0.577. The fourth-order valence-corrected chi connectivity index (χ4v) is 2.81. The molecule has 0 atom stereocenters. The van der Waals surface area contributed by atoms with Gasteiger partial charge in [0.05, 0.1) is 5.75 Å². The van der Waals surface area contributed by atoms with Crippen LogP contribution in [0.1, 0.15) is 27.2 Å². The van der Waals surface area contributed by atoms with Gasteiger partial charge in [-0.1, -0.05) is 6.92 Å². The first kappa shape index (κ1) is 16.4. The van der Waals surface area contributed by atoms with Crippen LogP contribution < -0.4 is 5.32 Å². The molecular formula is C11H24N2O3S. The van der Waals surface area contributed by atoms with Gasteiger partial charge in [0.15, 0.2) is 9.84 Å². The molecule has 5 nitrogen and oxygen atoms in total. The van der Waals surface area contributed by atoms with Crippen molar-refractivity contribution in [2.75, 3.05) is 37.7 Å². The quantitative estimate of drug-likeness (QED) is 0.607. The third-order valence-electron chi connectivity index (χ3n) is 2.52. The Balaban J connectivity index is 4.11. The second-order valence-electron chi connectivity index (χ2n) is 3.87. The molecule has 0 saturated carbocycles. The third-order valence-corrected chi connectivity index (χ3v) is 4.12. The second kappa shape index (κ2) is 8.47. The molecular weight excluding hydrogens is 240 g/mol. The van der Waals surface area contributed by atoms with Crippen molar-refractivity contribution in [2.24, 2.45) is 0 Å². The van der Waals surface area contributed by atoms with Crippen LogP contribution in [0.5, 0.6) is 0 Å². The summed E-state index contributed by atoms with van der Waals surface area (Å²) in [4.78, 5) is 13.2. The highest BCUT2D eigenvalue weighted by atomic mass is 32.2. The summed E-state index contributed by atoms with van der Waals surface area (Å²) in [6.45, 7) is 8.29. The lowest BCUT2D eigenvalue weighted by molar-refractivity contribution is -0.128. The number of sulfone groups is 1. The van der Waals surface area contributed by atoms with Crippen LogP contribution in [0.2, 0.25) is 0 Å². The van der Waals surface area contributed by atoms with Crippen LogP contribution >= 0.6 is 0 Å². The van der Waals surface area contributed by atoms with Crippen molar-refractivity contribution in [1.29, 1.82) is 0 Å². The number of hydrogen-bond donors (Lipinski definition) is 1. The van der Waals surface area contributed by atoms with Gasteiger partial charge in [-0.2, -0.15) is 0 Å². The molecule has 0 radical (unpaired) electrons. The van der Waals surface area contributed by atoms with Gasteiger partial charge in [0.25, 0.3) is 0 Å². The Hall–Kier alpha value is -0.620. The normalized spacial score (nSPS) is 11.5. The number of nitrogens with one attached hydrogen (secondary N) is 1. The van der Waals surface area contributed by atoms with Crippen molar-refractivity contribution in [3.05, 3.63) is 0 Å². The fourth-order valence-electron chi connectivity index (χ4n) is 1.52. The van der Waals surface area contributed by atoms with Gasteiger partial charge in [-0.3, -0.25) is 4.79 Å². The molecule has 1 N–H and O–H groups in total. The van der Waals surface area contributed by atoms with Crippen LogP contribution in [0, 0.1) is 0 Å². The Bertz CT molecular complexity index is 311. The van der Waals surface area contributed by atoms with Crippen molar-refractivity contribution >= 4 is 15.7 Å². The average Bonchev–Trinajstić information content (AvgIpc) is 2.25. The van der Waals surface area contributed by atoms with Crippen LogP contribution in [0.3, 0.4) is 0 Å². The van der Waals surface area contributed by atoms with E-state index in [-0.39, 0.29) is 17.4 Å². The Morgan fingerprint density at radius 2 is 1.76 bits per heavy atom. The predicted octanol–water partition coefficient (Wildman–Crippen LogP) is 0.269. The topological polar surface area (TPSA) is 66.5 Å². The first-order chi connectivity index (χ1) is 7.96.